The summed E-state index contributed by atoms with van der Waals surface area (Å²) in [5, 5.41) is 1.94. The number of nitrogens with one attached hydrogen (secondary N) is 1. The van der Waals surface area contributed by atoms with Crippen LogP contribution in [0.25, 0.3) is 0 Å². The lowest BCUT2D eigenvalue weighted by Crippen LogP contribution is -2.48. The molecular formula is C13H24N2O. The third kappa shape index (κ3) is 2.40. The van der Waals surface area contributed by atoms with Crippen molar-refractivity contribution in [2.24, 2.45) is 5.41 Å². The highest BCUT2D eigenvalue weighted by Crippen LogP contribution is 2.30. The number of carbonyl (C=O) groups is 1. The number of rotatable bonds is 1. The molecule has 1 atom stereocenters. The standard InChI is InChI=1S/C13H24N2O/c1-13(2,3)11-9-12(16)15(14-11)10-7-5-4-6-8-10/h10-11,14H,4-9H2,1-3H3. The number of amides is 1. The number of hydrogen-bond acceptors (Lipinski definition) is 2. The molecule has 1 saturated heterocycles. The van der Waals surface area contributed by atoms with Crippen LogP contribution in [0.3, 0.4) is 0 Å². The summed E-state index contributed by atoms with van der Waals surface area (Å²) in [5.41, 5.74) is 3.60. The highest BCUT2D eigenvalue weighted by atomic mass is 16.2. The van der Waals surface area contributed by atoms with Crippen molar-refractivity contribution in [3.8, 4) is 0 Å². The summed E-state index contributed by atoms with van der Waals surface area (Å²) in [7, 11) is 0. The van der Waals surface area contributed by atoms with Crippen LogP contribution in [0.4, 0.5) is 0 Å². The van der Waals surface area contributed by atoms with Gasteiger partial charge >= 0.3 is 0 Å². The van der Waals surface area contributed by atoms with E-state index < -0.39 is 0 Å². The normalized spacial score (nSPS) is 28.8. The first-order valence-electron chi connectivity index (χ1n) is 6.57. The minimum Gasteiger partial charge on any atom is -0.275 e. The van der Waals surface area contributed by atoms with Gasteiger partial charge in [0.2, 0.25) is 5.91 Å². The quantitative estimate of drug-likeness (QED) is 0.742. The summed E-state index contributed by atoms with van der Waals surface area (Å²) in [6.07, 6.45) is 6.90. The van der Waals surface area contributed by atoms with Crippen LogP contribution >= 0.6 is 0 Å². The number of nitrogens with zero attached hydrogens (tertiary/aromatic N) is 1. The first-order chi connectivity index (χ1) is 7.48. The first-order valence-corrected chi connectivity index (χ1v) is 6.57. The van der Waals surface area contributed by atoms with Gasteiger partial charge < -0.3 is 0 Å². The van der Waals surface area contributed by atoms with E-state index in [0.29, 0.717) is 24.4 Å². The SMILES string of the molecule is CC(C)(C)C1CC(=O)N(C2CCCCC2)N1. The summed E-state index contributed by atoms with van der Waals surface area (Å²) < 4.78 is 0. The van der Waals surface area contributed by atoms with Gasteiger partial charge in [-0.05, 0) is 18.3 Å². The van der Waals surface area contributed by atoms with Gasteiger partial charge in [0.1, 0.15) is 0 Å². The smallest absolute Gasteiger partial charge is 0.238 e. The number of carbonyl (C=O) groups excluding carboxylic acids is 1. The summed E-state index contributed by atoms with van der Waals surface area (Å²) >= 11 is 0. The van der Waals surface area contributed by atoms with Crippen molar-refractivity contribution >= 4 is 5.91 Å². The molecule has 1 amide bonds. The lowest BCUT2D eigenvalue weighted by Gasteiger charge is -2.33. The molecule has 2 rings (SSSR count). The average molecular weight is 224 g/mol. The largest absolute Gasteiger partial charge is 0.275 e. The Morgan fingerprint density at radius 2 is 1.81 bits per heavy atom. The molecule has 0 bridgehead atoms. The second-order valence-corrected chi connectivity index (χ2v) is 6.31. The fourth-order valence-corrected chi connectivity index (χ4v) is 2.71. The minimum atomic E-state index is 0.166. The lowest BCUT2D eigenvalue weighted by molar-refractivity contribution is -0.132. The van der Waals surface area contributed by atoms with Crippen molar-refractivity contribution in [2.45, 2.75) is 71.4 Å². The monoisotopic (exact) mass is 224 g/mol. The van der Waals surface area contributed by atoms with Gasteiger partial charge in [-0.25, -0.2) is 5.43 Å². The molecule has 0 spiro atoms. The van der Waals surface area contributed by atoms with E-state index >= 15 is 0 Å². The Balaban J connectivity index is 1.99. The van der Waals surface area contributed by atoms with Crippen molar-refractivity contribution in [2.75, 3.05) is 0 Å². The van der Waals surface area contributed by atoms with Crippen molar-refractivity contribution in [3.63, 3.8) is 0 Å². The molecule has 16 heavy (non-hydrogen) atoms. The van der Waals surface area contributed by atoms with Gasteiger partial charge in [-0.3, -0.25) is 9.80 Å². The molecule has 1 unspecified atom stereocenters. The molecule has 1 N–H and O–H groups in total. The van der Waals surface area contributed by atoms with Gasteiger partial charge in [0, 0.05) is 18.5 Å². The number of hydrogen-bond donors (Lipinski definition) is 1. The van der Waals surface area contributed by atoms with Gasteiger partial charge in [0.25, 0.3) is 0 Å². The molecule has 0 aromatic carbocycles. The second-order valence-electron chi connectivity index (χ2n) is 6.31. The number of hydrazine groups is 1. The molecule has 1 heterocycles. The van der Waals surface area contributed by atoms with Gasteiger partial charge in [0.05, 0.1) is 0 Å². The zero-order valence-corrected chi connectivity index (χ0v) is 10.8. The summed E-state index contributed by atoms with van der Waals surface area (Å²) in [5.74, 6) is 0.298. The highest BCUT2D eigenvalue weighted by Gasteiger charge is 2.39. The van der Waals surface area contributed by atoms with Crippen molar-refractivity contribution in [1.29, 1.82) is 0 Å². The third-order valence-electron chi connectivity index (χ3n) is 3.93. The topological polar surface area (TPSA) is 32.3 Å². The zero-order chi connectivity index (χ0) is 11.8. The maximum Gasteiger partial charge on any atom is 0.238 e. The fraction of sp³-hybridized carbons (Fsp3) is 0.923. The van der Waals surface area contributed by atoms with E-state index in [4.69, 9.17) is 0 Å². The molecule has 3 heteroatoms. The van der Waals surface area contributed by atoms with Crippen LogP contribution in [0.1, 0.15) is 59.3 Å². The summed E-state index contributed by atoms with van der Waals surface area (Å²) in [6.45, 7) is 6.59. The van der Waals surface area contributed by atoms with Crippen LogP contribution < -0.4 is 5.43 Å². The van der Waals surface area contributed by atoms with Crippen LogP contribution in [0.5, 0.6) is 0 Å². The Morgan fingerprint density at radius 3 is 2.31 bits per heavy atom. The summed E-state index contributed by atoms with van der Waals surface area (Å²) in [6, 6.07) is 0.760. The first kappa shape index (κ1) is 11.9. The average Bonchev–Trinajstić information content (AvgIpc) is 2.61. The molecule has 0 aromatic heterocycles. The molecular weight excluding hydrogens is 200 g/mol. The summed E-state index contributed by atoms with van der Waals surface area (Å²) in [4.78, 5) is 12.0. The van der Waals surface area contributed by atoms with Crippen molar-refractivity contribution in [1.82, 2.24) is 10.4 Å². The van der Waals surface area contributed by atoms with E-state index in [1.807, 2.05) is 5.01 Å². The second kappa shape index (κ2) is 4.36. The van der Waals surface area contributed by atoms with Crippen LogP contribution in [0.15, 0.2) is 0 Å². The van der Waals surface area contributed by atoms with Gasteiger partial charge in [-0.2, -0.15) is 0 Å². The maximum absolute atomic E-state index is 12.0. The zero-order valence-electron chi connectivity index (χ0n) is 10.8. The van der Waals surface area contributed by atoms with E-state index in [9.17, 15) is 4.79 Å². The van der Waals surface area contributed by atoms with E-state index in [-0.39, 0.29) is 5.41 Å². The lowest BCUT2D eigenvalue weighted by atomic mass is 9.86. The molecule has 2 fully saturated rings. The van der Waals surface area contributed by atoms with E-state index in [1.54, 1.807) is 0 Å². The fourth-order valence-electron chi connectivity index (χ4n) is 2.71. The van der Waals surface area contributed by atoms with Gasteiger partial charge in [-0.1, -0.05) is 40.0 Å². The van der Waals surface area contributed by atoms with Crippen LogP contribution in [-0.4, -0.2) is 23.0 Å². The molecule has 2 aliphatic rings. The van der Waals surface area contributed by atoms with Crippen LogP contribution in [0, 0.1) is 5.41 Å². The van der Waals surface area contributed by atoms with Gasteiger partial charge in [-0.15, -0.1) is 0 Å². The minimum absolute atomic E-state index is 0.166. The highest BCUT2D eigenvalue weighted by molar-refractivity contribution is 5.78. The van der Waals surface area contributed by atoms with E-state index in [0.717, 1.165) is 0 Å². The van der Waals surface area contributed by atoms with Crippen molar-refractivity contribution in [3.05, 3.63) is 0 Å². The molecule has 1 aliphatic carbocycles. The molecule has 1 saturated carbocycles. The Bertz CT molecular complexity index is 264. The van der Waals surface area contributed by atoms with E-state index in [2.05, 4.69) is 26.2 Å². The molecule has 0 aromatic rings. The Labute approximate surface area is 98.5 Å². The van der Waals surface area contributed by atoms with Crippen LogP contribution in [0.2, 0.25) is 0 Å². The Morgan fingerprint density at radius 1 is 1.19 bits per heavy atom. The molecule has 1 aliphatic heterocycles. The maximum atomic E-state index is 12.0. The Hall–Kier alpha value is -0.570. The Kier molecular flexibility index (Phi) is 3.24. The van der Waals surface area contributed by atoms with Gasteiger partial charge in [0.15, 0.2) is 0 Å². The van der Waals surface area contributed by atoms with E-state index in [1.165, 1.54) is 32.1 Å². The molecule has 0 radical (unpaired) electrons. The van der Waals surface area contributed by atoms with Crippen molar-refractivity contribution < 1.29 is 4.79 Å². The predicted molar refractivity (Wildman–Crippen MR) is 64.7 cm³/mol. The predicted octanol–water partition coefficient (Wildman–Crippen LogP) is 2.47. The molecule has 92 valence electrons. The molecule has 3 nitrogen and oxygen atoms in total. The van der Waals surface area contributed by atoms with Crippen LogP contribution in [-0.2, 0) is 4.79 Å². The third-order valence-corrected chi connectivity index (χ3v) is 3.93.